The highest BCUT2D eigenvalue weighted by molar-refractivity contribution is 6.86. The Morgan fingerprint density at radius 3 is 1.55 bits per heavy atom. The molecule has 31 heavy (non-hydrogen) atoms. The number of carbonyl (C=O) groups excluding carboxylic acids is 1. The molecule has 0 fully saturated rings. The zero-order valence-corrected chi connectivity index (χ0v) is 24.1. The predicted octanol–water partition coefficient (Wildman–Crippen LogP) is 3.04. The molecule has 0 saturated heterocycles. The first-order chi connectivity index (χ1) is 13.6. The normalized spacial score (nSPS) is 15.3. The Kier molecular flexibility index (Phi) is 10.6. The summed E-state index contributed by atoms with van der Waals surface area (Å²) in [6.07, 6.45) is -2.00. The molecule has 0 bridgehead atoms. The van der Waals surface area contributed by atoms with Crippen LogP contribution in [0.4, 0.5) is 0 Å². The van der Waals surface area contributed by atoms with Crippen LogP contribution in [0, 0.1) is 0 Å². The van der Waals surface area contributed by atoms with E-state index < -0.39 is 69.6 Å². The van der Waals surface area contributed by atoms with Gasteiger partial charge in [-0.05, 0) is 76.6 Å². The Morgan fingerprint density at radius 1 is 0.742 bits per heavy atom. The molecule has 1 atom stereocenters. The number of aliphatic carboxylic acids is 2. The van der Waals surface area contributed by atoms with Gasteiger partial charge in [-0.3, -0.25) is 9.59 Å². The van der Waals surface area contributed by atoms with E-state index in [9.17, 15) is 24.3 Å². The number of aliphatic hydroxyl groups is 1. The maximum atomic E-state index is 12.3. The molecule has 0 aromatic rings. The molecule has 0 aliphatic rings. The monoisotopic (exact) mass is 512 g/mol. The van der Waals surface area contributed by atoms with Crippen LogP contribution in [-0.4, -0.2) is 76.9 Å². The minimum absolute atomic E-state index is 0.618. The third kappa shape index (κ3) is 13.3. The van der Waals surface area contributed by atoms with E-state index in [2.05, 4.69) is 26.2 Å². The van der Waals surface area contributed by atoms with Crippen LogP contribution in [0.5, 0.6) is 0 Å². The molecule has 0 aliphatic carbocycles. The molecule has 0 aromatic carbocycles. The van der Waals surface area contributed by atoms with Gasteiger partial charge in [-0.15, -0.1) is 0 Å². The fourth-order valence-corrected chi connectivity index (χ4v) is 20.4. The summed E-state index contributed by atoms with van der Waals surface area (Å²) in [5, 5.41) is 28.0. The van der Waals surface area contributed by atoms with Gasteiger partial charge in [0.1, 0.15) is 0 Å². The quantitative estimate of drug-likeness (QED) is 0.257. The zero-order chi connectivity index (χ0) is 24.9. The lowest BCUT2D eigenvalue weighted by atomic mass is 9.96. The average Bonchev–Trinajstić information content (AvgIpc) is 2.48. The highest BCUT2D eigenvalue weighted by atomic mass is 28.4. The smallest absolute Gasteiger partial charge is 0.336 e. The van der Waals surface area contributed by atoms with Crippen molar-refractivity contribution in [2.45, 2.75) is 95.0 Å². The maximum Gasteiger partial charge on any atom is 0.336 e. The van der Waals surface area contributed by atoms with Crippen LogP contribution in [0.1, 0.15) is 12.8 Å². The van der Waals surface area contributed by atoms with E-state index in [4.69, 9.17) is 18.8 Å². The van der Waals surface area contributed by atoms with Crippen LogP contribution in [-0.2, 0) is 22.9 Å². The van der Waals surface area contributed by atoms with Crippen molar-refractivity contribution in [3.8, 4) is 0 Å². The molecule has 13 heteroatoms. The largest absolute Gasteiger partial charge is 0.520 e. The third-order valence-corrected chi connectivity index (χ3v) is 16.9. The lowest BCUT2D eigenvalue weighted by Gasteiger charge is -2.36. The van der Waals surface area contributed by atoms with E-state index in [1.165, 1.54) is 0 Å². The minimum atomic E-state index is -2.69. The van der Waals surface area contributed by atoms with Crippen molar-refractivity contribution in [2.75, 3.05) is 0 Å². The fraction of sp³-hybridized carbons (Fsp3) is 0.833. The molecule has 182 valence electrons. The van der Waals surface area contributed by atoms with Crippen molar-refractivity contribution < 1.29 is 43.0 Å². The molecule has 0 amide bonds. The molecule has 0 spiro atoms. The number of hydrogen-bond acceptors (Lipinski definition) is 7. The molecule has 4 N–H and O–H groups in total. The van der Waals surface area contributed by atoms with Crippen LogP contribution in [0.2, 0.25) is 76.6 Å². The Labute approximate surface area is 189 Å². The number of carbonyl (C=O) groups is 3. The van der Waals surface area contributed by atoms with Crippen LogP contribution in [0.3, 0.4) is 0 Å². The van der Waals surface area contributed by atoms with E-state index in [1.54, 1.807) is 0 Å². The SMILES string of the molecule is C[Si](C)(O)CC[Si](C)(C)O[Si](C)(C)CC[Si](C)(C)OC(=O)CC(O)(CC(=O)O)C(=O)O. The highest BCUT2D eigenvalue weighted by Crippen LogP contribution is 2.29. The highest BCUT2D eigenvalue weighted by Gasteiger charge is 2.43. The van der Waals surface area contributed by atoms with Crippen LogP contribution < -0.4 is 0 Å². The van der Waals surface area contributed by atoms with Gasteiger partial charge in [0, 0.05) is 0 Å². The predicted molar refractivity (Wildman–Crippen MR) is 128 cm³/mol. The van der Waals surface area contributed by atoms with Crippen molar-refractivity contribution in [1.82, 2.24) is 0 Å². The molecule has 0 saturated carbocycles. The number of rotatable bonds is 14. The van der Waals surface area contributed by atoms with Gasteiger partial charge in [-0.25, -0.2) is 4.79 Å². The van der Waals surface area contributed by atoms with E-state index >= 15 is 0 Å². The summed E-state index contributed by atoms with van der Waals surface area (Å²) < 4.78 is 12.1. The van der Waals surface area contributed by atoms with Gasteiger partial charge in [-0.2, -0.15) is 0 Å². The summed E-state index contributed by atoms with van der Waals surface area (Å²) in [6, 6.07) is 3.07. The van der Waals surface area contributed by atoms with Crippen LogP contribution in [0.25, 0.3) is 0 Å². The first-order valence-corrected chi connectivity index (χ1v) is 22.9. The van der Waals surface area contributed by atoms with Crippen molar-refractivity contribution in [1.29, 1.82) is 0 Å². The number of hydrogen-bond donors (Lipinski definition) is 4. The molecule has 0 aromatic heterocycles. The summed E-state index contributed by atoms with van der Waals surface area (Å²) in [5.41, 5.74) is -2.69. The molecular formula is C18H40O9Si4. The molecule has 1 unspecified atom stereocenters. The Bertz CT molecular complexity index is 659. The summed E-state index contributed by atoms with van der Waals surface area (Å²) in [7, 11) is -8.68. The Morgan fingerprint density at radius 2 is 1.16 bits per heavy atom. The first kappa shape index (κ1) is 30.2. The zero-order valence-electron chi connectivity index (χ0n) is 20.1. The maximum absolute atomic E-state index is 12.3. The molecule has 9 nitrogen and oxygen atoms in total. The number of carboxylic acids is 2. The van der Waals surface area contributed by atoms with Crippen molar-refractivity contribution in [2.24, 2.45) is 0 Å². The fourth-order valence-electron chi connectivity index (χ4n) is 3.16. The number of carboxylic acid groups (broad SMARTS) is 2. The summed E-state index contributed by atoms with van der Waals surface area (Å²) in [5.74, 6) is -4.19. The van der Waals surface area contributed by atoms with Gasteiger partial charge in [0.2, 0.25) is 8.32 Å². The molecule has 0 radical (unpaired) electrons. The summed E-state index contributed by atoms with van der Waals surface area (Å²) >= 11 is 0. The second-order valence-corrected chi connectivity index (χ2v) is 28.0. The third-order valence-electron chi connectivity index (χ3n) is 4.89. The lowest BCUT2D eigenvalue weighted by molar-refractivity contribution is -0.169. The Balaban J connectivity index is 4.92. The van der Waals surface area contributed by atoms with Gasteiger partial charge in [-0.1, -0.05) is 0 Å². The van der Waals surface area contributed by atoms with Gasteiger partial charge in [0.15, 0.2) is 30.6 Å². The Hall–Kier alpha value is -0.842. The van der Waals surface area contributed by atoms with Crippen molar-refractivity contribution >= 4 is 51.2 Å². The van der Waals surface area contributed by atoms with E-state index in [-0.39, 0.29) is 0 Å². The molecule has 0 rings (SSSR count). The van der Waals surface area contributed by atoms with E-state index in [0.29, 0.717) is 6.04 Å². The molecule has 0 aliphatic heterocycles. The second-order valence-electron chi connectivity index (χ2n) is 10.8. The lowest BCUT2D eigenvalue weighted by Crippen LogP contribution is -2.47. The summed E-state index contributed by atoms with van der Waals surface area (Å²) in [6.45, 7) is 16.0. The van der Waals surface area contributed by atoms with Crippen LogP contribution in [0.15, 0.2) is 0 Å². The topological polar surface area (TPSA) is 151 Å². The van der Waals surface area contributed by atoms with Crippen molar-refractivity contribution in [3.63, 3.8) is 0 Å². The van der Waals surface area contributed by atoms with Crippen LogP contribution >= 0.6 is 0 Å². The van der Waals surface area contributed by atoms with Gasteiger partial charge in [0.25, 0.3) is 5.97 Å². The van der Waals surface area contributed by atoms with E-state index in [1.807, 2.05) is 26.2 Å². The standard InChI is InChI=1S/C18H40O9Si4/c1-28(2,25)9-10-30(5,6)27-31(7,8)12-11-29(3,4)26-16(21)14-18(24,17(22)23)13-15(19)20/h24-25H,9-14H2,1-8H3,(H,19,20)(H,22,23). The van der Waals surface area contributed by atoms with Gasteiger partial charge in [0.05, 0.1) is 12.8 Å². The van der Waals surface area contributed by atoms with Gasteiger partial charge < -0.3 is 28.7 Å². The molecular weight excluding hydrogens is 473 g/mol. The van der Waals surface area contributed by atoms with E-state index in [0.717, 1.165) is 18.1 Å². The summed E-state index contributed by atoms with van der Waals surface area (Å²) in [4.78, 5) is 44.4. The second kappa shape index (κ2) is 10.9. The minimum Gasteiger partial charge on any atom is -0.520 e. The van der Waals surface area contributed by atoms with Crippen molar-refractivity contribution in [3.05, 3.63) is 0 Å². The average molecular weight is 513 g/mol. The first-order valence-electron chi connectivity index (χ1n) is 10.4. The van der Waals surface area contributed by atoms with Gasteiger partial charge >= 0.3 is 11.9 Å². The molecule has 0 heterocycles.